The molecule has 0 aromatic carbocycles. The van der Waals surface area contributed by atoms with E-state index in [4.69, 9.17) is 8.85 Å². The first kappa shape index (κ1) is 13.1. The van der Waals surface area contributed by atoms with Gasteiger partial charge in [0, 0.05) is 18.3 Å². The molecule has 13 heavy (non-hydrogen) atoms. The Balaban J connectivity index is 4.55. The van der Waals surface area contributed by atoms with Crippen LogP contribution in [0, 0.1) is 0 Å². The Morgan fingerprint density at radius 3 is 1.62 bits per heavy atom. The van der Waals surface area contributed by atoms with Crippen LogP contribution in [0.4, 0.5) is 0 Å². The van der Waals surface area contributed by atoms with E-state index < -0.39 is 8.56 Å². The van der Waals surface area contributed by atoms with Gasteiger partial charge in [0.1, 0.15) is 0 Å². The van der Waals surface area contributed by atoms with Gasteiger partial charge in [0.15, 0.2) is 0 Å². The van der Waals surface area contributed by atoms with E-state index in [1.54, 1.807) is 0 Å². The quantitative estimate of drug-likeness (QED) is 0.618. The van der Waals surface area contributed by atoms with Crippen molar-refractivity contribution in [3.63, 3.8) is 0 Å². The van der Waals surface area contributed by atoms with Gasteiger partial charge in [-0.2, -0.15) is 0 Å². The molecule has 0 fully saturated rings. The zero-order chi connectivity index (χ0) is 10.5. The molecule has 2 nitrogen and oxygen atoms in total. The van der Waals surface area contributed by atoms with Gasteiger partial charge in [-0.05, 0) is 26.8 Å². The van der Waals surface area contributed by atoms with Crippen LogP contribution < -0.4 is 0 Å². The van der Waals surface area contributed by atoms with Gasteiger partial charge in [0.05, 0.1) is 0 Å². The average molecular weight is 204 g/mol. The molecule has 0 amide bonds. The second-order valence-corrected chi connectivity index (χ2v) is 7.87. The van der Waals surface area contributed by atoms with Crippen molar-refractivity contribution in [2.75, 3.05) is 13.2 Å². The predicted octanol–water partition coefficient (Wildman–Crippen LogP) is 3.32. The average Bonchev–Trinajstić information content (AvgIpc) is 2.05. The van der Waals surface area contributed by atoms with Gasteiger partial charge in [-0.1, -0.05) is 20.8 Å². The van der Waals surface area contributed by atoms with Crippen LogP contribution >= 0.6 is 0 Å². The normalized spacial score (nSPS) is 13.4. The van der Waals surface area contributed by atoms with Crippen molar-refractivity contribution in [3.8, 4) is 0 Å². The van der Waals surface area contributed by atoms with Crippen LogP contribution in [0.3, 0.4) is 0 Å². The third kappa shape index (κ3) is 3.08. The maximum absolute atomic E-state index is 5.84. The Hall–Kier alpha value is 0.137. The molecule has 0 aromatic rings. The molecule has 0 bridgehead atoms. The molecule has 0 aliphatic carbocycles. The van der Waals surface area contributed by atoms with Crippen LogP contribution in [-0.2, 0) is 8.85 Å². The summed E-state index contributed by atoms with van der Waals surface area (Å²) in [5, 5.41) is 0.193. The molecule has 0 rings (SSSR count). The molecule has 0 aromatic heterocycles. The maximum Gasteiger partial charge on any atom is 0.340 e. The minimum absolute atomic E-state index is 0.193. The van der Waals surface area contributed by atoms with E-state index in [1.807, 2.05) is 13.8 Å². The summed E-state index contributed by atoms with van der Waals surface area (Å²) >= 11 is 0. The smallest absolute Gasteiger partial charge is 0.340 e. The van der Waals surface area contributed by atoms with E-state index in [0.29, 0.717) is 0 Å². The van der Waals surface area contributed by atoms with Crippen molar-refractivity contribution < 1.29 is 8.85 Å². The molecular formula is C10H24O2Si. The lowest BCUT2D eigenvalue weighted by molar-refractivity contribution is 0.162. The first-order valence-electron chi connectivity index (χ1n) is 5.21. The first-order valence-corrected chi connectivity index (χ1v) is 7.53. The number of rotatable bonds is 6. The van der Waals surface area contributed by atoms with Gasteiger partial charge in [0.2, 0.25) is 0 Å². The highest BCUT2D eigenvalue weighted by Gasteiger charge is 2.46. The van der Waals surface area contributed by atoms with Crippen LogP contribution in [0.1, 0.15) is 41.0 Å². The second-order valence-electron chi connectivity index (χ2n) is 4.05. The summed E-state index contributed by atoms with van der Waals surface area (Å²) in [5.41, 5.74) is 0. The van der Waals surface area contributed by atoms with E-state index in [-0.39, 0.29) is 5.04 Å². The van der Waals surface area contributed by atoms with Crippen LogP contribution in [-0.4, -0.2) is 21.8 Å². The van der Waals surface area contributed by atoms with Crippen LogP contribution in [0.15, 0.2) is 0 Å². The van der Waals surface area contributed by atoms with Gasteiger partial charge in [-0.25, -0.2) is 0 Å². The second kappa shape index (κ2) is 5.13. The summed E-state index contributed by atoms with van der Waals surface area (Å²) in [6.45, 7) is 14.4. The van der Waals surface area contributed by atoms with Gasteiger partial charge < -0.3 is 8.85 Å². The van der Waals surface area contributed by atoms with E-state index >= 15 is 0 Å². The molecule has 0 aliphatic rings. The monoisotopic (exact) mass is 204 g/mol. The Morgan fingerprint density at radius 1 is 1.00 bits per heavy atom. The van der Waals surface area contributed by atoms with Crippen molar-refractivity contribution in [3.05, 3.63) is 0 Å². The molecule has 0 spiro atoms. The Kier molecular flexibility index (Phi) is 5.18. The summed E-state index contributed by atoms with van der Waals surface area (Å²) in [7, 11) is -1.98. The highest BCUT2D eigenvalue weighted by atomic mass is 28.4. The van der Waals surface area contributed by atoms with Crippen LogP contribution in [0.25, 0.3) is 0 Å². The predicted molar refractivity (Wildman–Crippen MR) is 59.2 cm³/mol. The summed E-state index contributed by atoms with van der Waals surface area (Å²) < 4.78 is 11.7. The lowest BCUT2D eigenvalue weighted by Crippen LogP contribution is -2.48. The zero-order valence-corrected chi connectivity index (χ0v) is 10.9. The third-order valence-corrected chi connectivity index (χ3v) is 7.44. The summed E-state index contributed by atoms with van der Waals surface area (Å²) in [4.78, 5) is 0. The molecule has 0 N–H and O–H groups in total. The zero-order valence-electron chi connectivity index (χ0n) is 9.94. The van der Waals surface area contributed by atoms with Gasteiger partial charge in [0.25, 0.3) is 0 Å². The fourth-order valence-corrected chi connectivity index (χ4v) is 3.91. The van der Waals surface area contributed by atoms with Crippen LogP contribution in [0.5, 0.6) is 0 Å². The fraction of sp³-hybridized carbons (Fsp3) is 1.00. The molecule has 0 unspecified atom stereocenters. The SMILES string of the molecule is CCO[Si](C)(OCC)C(C)(C)CC. The maximum atomic E-state index is 5.84. The minimum atomic E-state index is -1.98. The first-order chi connectivity index (χ1) is 5.93. The van der Waals surface area contributed by atoms with E-state index in [1.165, 1.54) is 0 Å². The van der Waals surface area contributed by atoms with Crippen molar-refractivity contribution in [2.24, 2.45) is 0 Å². The van der Waals surface area contributed by atoms with Crippen LogP contribution in [0.2, 0.25) is 11.6 Å². The lowest BCUT2D eigenvalue weighted by atomic mass is 10.1. The molecule has 0 atom stereocenters. The molecular weight excluding hydrogens is 180 g/mol. The number of hydrogen-bond acceptors (Lipinski definition) is 2. The number of hydrogen-bond donors (Lipinski definition) is 0. The summed E-state index contributed by atoms with van der Waals surface area (Å²) in [6.07, 6.45) is 1.11. The molecule has 0 aliphatic heterocycles. The largest absolute Gasteiger partial charge is 0.394 e. The summed E-state index contributed by atoms with van der Waals surface area (Å²) in [6, 6.07) is 0. The van der Waals surface area contributed by atoms with E-state index in [9.17, 15) is 0 Å². The molecule has 0 saturated heterocycles. The molecule has 0 saturated carbocycles. The van der Waals surface area contributed by atoms with E-state index in [0.717, 1.165) is 19.6 Å². The molecule has 0 radical (unpaired) electrons. The highest BCUT2D eigenvalue weighted by molar-refractivity contribution is 6.69. The minimum Gasteiger partial charge on any atom is -0.394 e. The van der Waals surface area contributed by atoms with Crippen molar-refractivity contribution >= 4 is 8.56 Å². The Labute approximate surface area is 83.9 Å². The van der Waals surface area contributed by atoms with Gasteiger partial charge in [-0.3, -0.25) is 0 Å². The van der Waals surface area contributed by atoms with Gasteiger partial charge >= 0.3 is 8.56 Å². The lowest BCUT2D eigenvalue weighted by Gasteiger charge is -2.39. The molecule has 3 heteroatoms. The topological polar surface area (TPSA) is 18.5 Å². The van der Waals surface area contributed by atoms with Crippen molar-refractivity contribution in [1.82, 2.24) is 0 Å². The highest BCUT2D eigenvalue weighted by Crippen LogP contribution is 2.41. The van der Waals surface area contributed by atoms with Crippen molar-refractivity contribution in [1.29, 1.82) is 0 Å². The van der Waals surface area contributed by atoms with Crippen molar-refractivity contribution in [2.45, 2.75) is 52.6 Å². The third-order valence-electron chi connectivity index (χ3n) is 2.95. The van der Waals surface area contributed by atoms with Gasteiger partial charge in [-0.15, -0.1) is 0 Å². The summed E-state index contributed by atoms with van der Waals surface area (Å²) in [5.74, 6) is 0. The Bertz CT molecular complexity index is 140. The standard InChI is InChI=1S/C10H24O2Si/c1-7-10(4,5)13(6,11-8-2)12-9-3/h7-9H2,1-6H3. The molecule has 0 heterocycles. The fourth-order valence-electron chi connectivity index (χ4n) is 1.30. The molecule has 80 valence electrons. The Morgan fingerprint density at radius 2 is 1.38 bits per heavy atom. The van der Waals surface area contributed by atoms with E-state index in [2.05, 4.69) is 27.3 Å².